The number of hydrogen-bond donors (Lipinski definition) is 3. The molecule has 3 rings (SSSR count). The van der Waals surface area contributed by atoms with Crippen molar-refractivity contribution in [2.24, 2.45) is 16.6 Å². The average Bonchev–Trinajstić information content (AvgIpc) is 3.24. The molecule has 0 radical (unpaired) electrons. The summed E-state index contributed by atoms with van der Waals surface area (Å²) in [6.45, 7) is 5.61. The number of anilines is 1. The molecule has 4 N–H and O–H groups in total. The van der Waals surface area contributed by atoms with Crippen molar-refractivity contribution in [1.82, 2.24) is 15.6 Å². The van der Waals surface area contributed by atoms with Crippen LogP contribution in [-0.2, 0) is 17.9 Å². The van der Waals surface area contributed by atoms with Crippen molar-refractivity contribution >= 4 is 53.0 Å². The molecule has 2 aromatic heterocycles. The van der Waals surface area contributed by atoms with Gasteiger partial charge in [-0.2, -0.15) is 0 Å². The van der Waals surface area contributed by atoms with Gasteiger partial charge in [0, 0.05) is 36.3 Å². The highest BCUT2D eigenvalue weighted by Gasteiger charge is 2.25. The van der Waals surface area contributed by atoms with Crippen molar-refractivity contribution in [3.05, 3.63) is 46.3 Å². The maximum absolute atomic E-state index is 11.6. The average molecular weight is 528 g/mol. The summed E-state index contributed by atoms with van der Waals surface area (Å²) in [5, 5.41) is 8.72. The van der Waals surface area contributed by atoms with Crippen molar-refractivity contribution in [2.45, 2.75) is 32.9 Å². The summed E-state index contributed by atoms with van der Waals surface area (Å²) < 4.78 is 0. The first-order valence-corrected chi connectivity index (χ1v) is 10.6. The summed E-state index contributed by atoms with van der Waals surface area (Å²) in [5.74, 6) is 1.33. The Labute approximate surface area is 193 Å². The lowest BCUT2D eigenvalue weighted by atomic mass is 9.97. The molecule has 0 spiro atoms. The third-order valence-corrected chi connectivity index (χ3v) is 5.63. The Morgan fingerprint density at radius 2 is 2.24 bits per heavy atom. The summed E-state index contributed by atoms with van der Waals surface area (Å²) in [7, 11) is 0. The molecule has 1 amide bonds. The van der Waals surface area contributed by atoms with Crippen LogP contribution in [0.1, 0.15) is 30.2 Å². The molecule has 1 aliphatic heterocycles. The number of nitrogens with two attached hydrogens (primary N) is 1. The third-order valence-electron chi connectivity index (χ3n) is 4.75. The number of carbonyl (C=O) groups is 1. The highest BCUT2D eigenvalue weighted by Crippen LogP contribution is 2.25. The quantitative estimate of drug-likeness (QED) is 0.292. The zero-order valence-electron chi connectivity index (χ0n) is 16.6. The van der Waals surface area contributed by atoms with Gasteiger partial charge in [-0.25, -0.2) is 9.98 Å². The number of amides is 1. The maximum Gasteiger partial charge on any atom is 0.222 e. The molecule has 9 heteroatoms. The van der Waals surface area contributed by atoms with E-state index in [-0.39, 0.29) is 35.8 Å². The number of nitrogens with zero attached hydrogens (tertiary/aromatic N) is 3. The number of rotatable bonds is 7. The number of hydrogen-bond acceptors (Lipinski definition) is 5. The van der Waals surface area contributed by atoms with Crippen LogP contribution >= 0.6 is 35.3 Å². The zero-order valence-corrected chi connectivity index (χ0v) is 19.8. The van der Waals surface area contributed by atoms with Gasteiger partial charge in [0.15, 0.2) is 5.96 Å². The van der Waals surface area contributed by atoms with Gasteiger partial charge in [0.05, 0.1) is 19.0 Å². The van der Waals surface area contributed by atoms with Crippen LogP contribution in [0, 0.1) is 5.92 Å². The topological polar surface area (TPSA) is 95.6 Å². The van der Waals surface area contributed by atoms with Crippen molar-refractivity contribution in [3.8, 4) is 0 Å². The Balaban J connectivity index is 0.00000300. The summed E-state index contributed by atoms with van der Waals surface area (Å²) >= 11 is 1.72. The van der Waals surface area contributed by atoms with E-state index in [1.54, 1.807) is 17.5 Å². The molecule has 1 aliphatic rings. The molecule has 1 saturated heterocycles. The number of pyridine rings is 1. The lowest BCUT2D eigenvalue weighted by Gasteiger charge is -2.33. The minimum atomic E-state index is -0.229. The van der Waals surface area contributed by atoms with Crippen molar-refractivity contribution < 1.29 is 4.79 Å². The normalized spacial score (nSPS) is 16.8. The van der Waals surface area contributed by atoms with Gasteiger partial charge in [-0.1, -0.05) is 12.1 Å². The lowest BCUT2D eigenvalue weighted by molar-refractivity contribution is -0.122. The predicted octanol–water partition coefficient (Wildman–Crippen LogP) is 2.72. The summed E-state index contributed by atoms with van der Waals surface area (Å²) in [6, 6.07) is 8.12. The summed E-state index contributed by atoms with van der Waals surface area (Å²) in [5.41, 5.74) is 6.57. The van der Waals surface area contributed by atoms with E-state index in [0.29, 0.717) is 13.1 Å². The van der Waals surface area contributed by atoms with Crippen LogP contribution < -0.4 is 21.3 Å². The van der Waals surface area contributed by atoms with Crippen LogP contribution in [0.3, 0.4) is 0 Å². The smallest absolute Gasteiger partial charge is 0.222 e. The Hall–Kier alpha value is -1.88. The van der Waals surface area contributed by atoms with Crippen LogP contribution in [0.2, 0.25) is 0 Å². The number of halogens is 1. The maximum atomic E-state index is 11.6. The van der Waals surface area contributed by atoms with Gasteiger partial charge in [-0.05, 0) is 37.3 Å². The number of aromatic nitrogens is 1. The van der Waals surface area contributed by atoms with E-state index in [1.165, 1.54) is 4.88 Å². The monoisotopic (exact) mass is 528 g/mol. The molecule has 0 saturated carbocycles. The molecule has 0 bridgehead atoms. The Kier molecular flexibility index (Phi) is 9.65. The highest BCUT2D eigenvalue weighted by molar-refractivity contribution is 14.0. The second-order valence-corrected chi connectivity index (χ2v) is 7.83. The molecular formula is C20H29IN6OS. The third kappa shape index (κ3) is 6.84. The van der Waals surface area contributed by atoms with Gasteiger partial charge in [0.25, 0.3) is 0 Å². The molecule has 0 aliphatic carbocycles. The minimum absolute atomic E-state index is 0. The van der Waals surface area contributed by atoms with Crippen molar-refractivity contribution in [2.75, 3.05) is 24.5 Å². The first-order valence-electron chi connectivity index (χ1n) is 9.70. The Morgan fingerprint density at radius 1 is 1.38 bits per heavy atom. The molecular weight excluding hydrogens is 499 g/mol. The second kappa shape index (κ2) is 12.0. The number of piperidine rings is 1. The molecule has 1 fully saturated rings. The second-order valence-electron chi connectivity index (χ2n) is 6.80. The fourth-order valence-electron chi connectivity index (χ4n) is 3.33. The molecule has 29 heavy (non-hydrogen) atoms. The van der Waals surface area contributed by atoms with Crippen LogP contribution in [0.4, 0.5) is 5.82 Å². The number of primary amides is 1. The van der Waals surface area contributed by atoms with Gasteiger partial charge in [-0.3, -0.25) is 4.79 Å². The minimum Gasteiger partial charge on any atom is -0.369 e. The standard InChI is InChI=1S/C20H28N6OS.HI/c1-2-22-20(25-13-17-8-5-11-28-17)24-12-15-6-3-9-23-19(15)26-10-4-7-16(14-26)18(21)27;/h3,5-6,8-9,11,16H,2,4,7,10,12-14H2,1H3,(H2,21,27)(H2,22,24,25);1H. The first-order chi connectivity index (χ1) is 13.7. The van der Waals surface area contributed by atoms with Crippen LogP contribution in [-0.4, -0.2) is 36.5 Å². The largest absolute Gasteiger partial charge is 0.369 e. The SMILES string of the molecule is CCNC(=NCc1cccnc1N1CCCC(C(N)=O)C1)NCc1cccs1.I. The van der Waals surface area contributed by atoms with E-state index >= 15 is 0 Å². The lowest BCUT2D eigenvalue weighted by Crippen LogP contribution is -2.42. The van der Waals surface area contributed by atoms with E-state index in [2.05, 4.69) is 38.9 Å². The zero-order chi connectivity index (χ0) is 19.8. The van der Waals surface area contributed by atoms with Crippen molar-refractivity contribution in [3.63, 3.8) is 0 Å². The first kappa shape index (κ1) is 23.4. The van der Waals surface area contributed by atoms with Crippen LogP contribution in [0.25, 0.3) is 0 Å². The predicted molar refractivity (Wildman–Crippen MR) is 130 cm³/mol. The number of guanidine groups is 1. The fraction of sp³-hybridized carbons (Fsp3) is 0.450. The molecule has 0 aromatic carbocycles. The molecule has 3 heterocycles. The van der Waals surface area contributed by atoms with Crippen LogP contribution in [0.5, 0.6) is 0 Å². The van der Waals surface area contributed by atoms with Gasteiger partial charge in [-0.15, -0.1) is 35.3 Å². The highest BCUT2D eigenvalue weighted by atomic mass is 127. The van der Waals surface area contributed by atoms with Gasteiger partial charge in [0.2, 0.25) is 5.91 Å². The van der Waals surface area contributed by atoms with Gasteiger partial charge < -0.3 is 21.3 Å². The number of carbonyl (C=O) groups excluding carboxylic acids is 1. The molecule has 1 atom stereocenters. The van der Waals surface area contributed by atoms with Gasteiger partial charge in [0.1, 0.15) is 5.82 Å². The molecule has 158 valence electrons. The van der Waals surface area contributed by atoms with E-state index in [4.69, 9.17) is 10.7 Å². The molecule has 7 nitrogen and oxygen atoms in total. The molecule has 2 aromatic rings. The molecule has 1 unspecified atom stereocenters. The number of aliphatic imine (C=N–C) groups is 1. The van der Waals surface area contributed by atoms with Crippen LogP contribution in [0.15, 0.2) is 40.8 Å². The number of nitrogens with one attached hydrogen (secondary N) is 2. The van der Waals surface area contributed by atoms with E-state index < -0.39 is 0 Å². The van der Waals surface area contributed by atoms with E-state index in [9.17, 15) is 4.79 Å². The number of thiophene rings is 1. The Morgan fingerprint density at radius 3 is 2.97 bits per heavy atom. The summed E-state index contributed by atoms with van der Waals surface area (Å²) in [6.07, 6.45) is 3.58. The van der Waals surface area contributed by atoms with E-state index in [1.807, 2.05) is 18.2 Å². The fourth-order valence-corrected chi connectivity index (χ4v) is 3.97. The van der Waals surface area contributed by atoms with Gasteiger partial charge >= 0.3 is 0 Å². The van der Waals surface area contributed by atoms with E-state index in [0.717, 1.165) is 49.8 Å². The Bertz CT molecular complexity index is 798. The van der Waals surface area contributed by atoms with Crippen molar-refractivity contribution in [1.29, 1.82) is 0 Å². The summed E-state index contributed by atoms with van der Waals surface area (Å²) in [4.78, 5) is 24.3.